The molecule has 0 atom stereocenters. The van der Waals surface area contributed by atoms with E-state index in [1.165, 1.54) is 63.4 Å². The molecule has 0 saturated heterocycles. The Balaban J connectivity index is 1.92. The number of rotatable bonds is 2. The normalized spacial score (nSPS) is 17.7. The minimum absolute atomic E-state index is 0.100. The molecule has 0 spiro atoms. The highest BCUT2D eigenvalue weighted by atomic mass is 16.2. The number of carbonyl (C=O) groups excluding carboxylic acids is 1. The SMILES string of the molecule is CC(C)(C)c1ccc(C(=O)NN=C2CCCCCCCCCCC2)cc1. The zero-order valence-electron chi connectivity index (χ0n) is 16.9. The Kier molecular flexibility index (Phi) is 8.34. The minimum Gasteiger partial charge on any atom is -0.267 e. The second-order valence-corrected chi connectivity index (χ2v) is 8.63. The Bertz CT molecular complexity index is 567. The van der Waals surface area contributed by atoms with Crippen molar-refractivity contribution in [2.45, 2.75) is 96.8 Å². The Labute approximate surface area is 159 Å². The summed E-state index contributed by atoms with van der Waals surface area (Å²) in [6.07, 6.45) is 13.8. The van der Waals surface area contributed by atoms with Crippen molar-refractivity contribution in [3.05, 3.63) is 35.4 Å². The van der Waals surface area contributed by atoms with Gasteiger partial charge in [-0.05, 0) is 48.8 Å². The second kappa shape index (κ2) is 10.5. The van der Waals surface area contributed by atoms with E-state index in [4.69, 9.17) is 0 Å². The smallest absolute Gasteiger partial charge is 0.267 e. The van der Waals surface area contributed by atoms with Crippen LogP contribution in [0.25, 0.3) is 0 Å². The van der Waals surface area contributed by atoms with Crippen LogP contribution in [0.3, 0.4) is 0 Å². The van der Waals surface area contributed by atoms with Gasteiger partial charge in [-0.1, -0.05) is 77.8 Å². The molecule has 0 radical (unpaired) electrons. The lowest BCUT2D eigenvalue weighted by Gasteiger charge is -2.18. The summed E-state index contributed by atoms with van der Waals surface area (Å²) in [5.74, 6) is -0.107. The van der Waals surface area contributed by atoms with Crippen LogP contribution in [0.4, 0.5) is 0 Å². The van der Waals surface area contributed by atoms with E-state index in [-0.39, 0.29) is 11.3 Å². The summed E-state index contributed by atoms with van der Waals surface area (Å²) in [5, 5.41) is 4.48. The highest BCUT2D eigenvalue weighted by Crippen LogP contribution is 2.22. The number of benzene rings is 1. The van der Waals surface area contributed by atoms with E-state index in [9.17, 15) is 4.79 Å². The molecule has 2 rings (SSSR count). The van der Waals surface area contributed by atoms with Crippen molar-refractivity contribution >= 4 is 11.6 Å². The van der Waals surface area contributed by atoms with Crippen LogP contribution in [0.5, 0.6) is 0 Å². The molecule has 1 aliphatic carbocycles. The Morgan fingerprint density at radius 3 is 1.73 bits per heavy atom. The van der Waals surface area contributed by atoms with Gasteiger partial charge in [0.25, 0.3) is 5.91 Å². The van der Waals surface area contributed by atoms with E-state index < -0.39 is 0 Å². The largest absolute Gasteiger partial charge is 0.271 e. The zero-order chi connectivity index (χ0) is 18.8. The van der Waals surface area contributed by atoms with Crippen molar-refractivity contribution in [2.24, 2.45) is 5.10 Å². The first-order chi connectivity index (χ1) is 12.5. The molecule has 26 heavy (non-hydrogen) atoms. The Hall–Kier alpha value is -1.64. The molecule has 3 nitrogen and oxygen atoms in total. The molecule has 1 aromatic rings. The van der Waals surface area contributed by atoms with Gasteiger partial charge in [0.15, 0.2) is 0 Å². The predicted molar refractivity (Wildman–Crippen MR) is 111 cm³/mol. The van der Waals surface area contributed by atoms with Gasteiger partial charge in [0.05, 0.1) is 0 Å². The van der Waals surface area contributed by atoms with Crippen molar-refractivity contribution in [3.63, 3.8) is 0 Å². The summed E-state index contributed by atoms with van der Waals surface area (Å²) in [6.45, 7) is 6.53. The van der Waals surface area contributed by atoms with E-state index in [2.05, 4.69) is 31.3 Å². The standard InChI is InChI=1S/C23H36N2O/c1-23(2,3)20-17-15-19(16-18-20)22(26)25-24-21-13-11-9-7-5-4-6-8-10-12-14-21/h15-18H,4-14H2,1-3H3,(H,25,26). The molecular weight excluding hydrogens is 320 g/mol. The summed E-state index contributed by atoms with van der Waals surface area (Å²) >= 11 is 0. The van der Waals surface area contributed by atoms with Crippen molar-refractivity contribution < 1.29 is 4.79 Å². The van der Waals surface area contributed by atoms with E-state index in [0.29, 0.717) is 5.56 Å². The first-order valence-corrected chi connectivity index (χ1v) is 10.4. The molecule has 1 aromatic carbocycles. The Morgan fingerprint density at radius 1 is 0.808 bits per heavy atom. The van der Waals surface area contributed by atoms with Crippen LogP contribution in [0.1, 0.15) is 107 Å². The fourth-order valence-corrected chi connectivity index (χ4v) is 3.45. The van der Waals surface area contributed by atoms with E-state index in [1.807, 2.05) is 24.3 Å². The fourth-order valence-electron chi connectivity index (χ4n) is 3.45. The van der Waals surface area contributed by atoms with Gasteiger partial charge in [-0.3, -0.25) is 4.79 Å². The Morgan fingerprint density at radius 2 is 1.27 bits per heavy atom. The second-order valence-electron chi connectivity index (χ2n) is 8.63. The third-order valence-electron chi connectivity index (χ3n) is 5.26. The van der Waals surface area contributed by atoms with Crippen LogP contribution < -0.4 is 5.43 Å². The number of hydrogen-bond donors (Lipinski definition) is 1. The van der Waals surface area contributed by atoms with E-state index in [1.54, 1.807) is 0 Å². The van der Waals surface area contributed by atoms with E-state index >= 15 is 0 Å². The van der Waals surface area contributed by atoms with Crippen molar-refractivity contribution in [1.82, 2.24) is 5.43 Å². The molecule has 144 valence electrons. The molecule has 1 saturated carbocycles. The van der Waals surface area contributed by atoms with Gasteiger partial charge in [0.2, 0.25) is 0 Å². The van der Waals surface area contributed by atoms with E-state index in [0.717, 1.165) is 18.6 Å². The third-order valence-corrected chi connectivity index (χ3v) is 5.26. The summed E-state index contributed by atoms with van der Waals surface area (Å²) < 4.78 is 0. The molecule has 1 N–H and O–H groups in total. The molecule has 0 bridgehead atoms. The van der Waals surface area contributed by atoms with Crippen LogP contribution in [-0.4, -0.2) is 11.6 Å². The predicted octanol–water partition coefficient (Wildman–Crippen LogP) is 6.37. The topological polar surface area (TPSA) is 41.5 Å². The lowest BCUT2D eigenvalue weighted by molar-refractivity contribution is 0.0954. The average Bonchev–Trinajstić information content (AvgIpc) is 2.60. The van der Waals surface area contributed by atoms with Gasteiger partial charge in [0.1, 0.15) is 0 Å². The fraction of sp³-hybridized carbons (Fsp3) is 0.652. The first-order valence-electron chi connectivity index (χ1n) is 10.4. The molecular formula is C23H36N2O. The van der Waals surface area contributed by atoms with Gasteiger partial charge in [-0.2, -0.15) is 5.10 Å². The molecule has 0 aromatic heterocycles. The quantitative estimate of drug-likeness (QED) is 0.614. The van der Waals surface area contributed by atoms with Gasteiger partial charge < -0.3 is 0 Å². The maximum absolute atomic E-state index is 12.4. The third kappa shape index (κ3) is 7.31. The number of nitrogens with zero attached hydrogens (tertiary/aromatic N) is 1. The summed E-state index contributed by atoms with van der Waals surface area (Å²) in [7, 11) is 0. The number of hydrogen-bond acceptors (Lipinski definition) is 2. The molecule has 0 heterocycles. The maximum Gasteiger partial charge on any atom is 0.271 e. The van der Waals surface area contributed by atoms with Gasteiger partial charge in [-0.15, -0.1) is 0 Å². The summed E-state index contributed by atoms with van der Waals surface area (Å²) in [6, 6.07) is 7.88. The summed E-state index contributed by atoms with van der Waals surface area (Å²) in [4.78, 5) is 12.4. The van der Waals surface area contributed by atoms with Crippen molar-refractivity contribution in [1.29, 1.82) is 0 Å². The van der Waals surface area contributed by atoms with Crippen LogP contribution >= 0.6 is 0 Å². The minimum atomic E-state index is -0.107. The lowest BCUT2D eigenvalue weighted by atomic mass is 9.87. The number of amides is 1. The number of nitrogens with one attached hydrogen (secondary N) is 1. The molecule has 1 aliphatic rings. The lowest BCUT2D eigenvalue weighted by Crippen LogP contribution is -2.20. The molecule has 0 unspecified atom stereocenters. The summed E-state index contributed by atoms with van der Waals surface area (Å²) in [5.41, 5.74) is 5.96. The van der Waals surface area contributed by atoms with Crippen molar-refractivity contribution in [2.75, 3.05) is 0 Å². The van der Waals surface area contributed by atoms with Crippen LogP contribution in [0.2, 0.25) is 0 Å². The molecule has 3 heteroatoms. The molecule has 1 fully saturated rings. The van der Waals surface area contributed by atoms with Gasteiger partial charge in [0, 0.05) is 11.3 Å². The molecule has 0 aliphatic heterocycles. The number of hydrazone groups is 1. The zero-order valence-corrected chi connectivity index (χ0v) is 16.9. The maximum atomic E-state index is 12.4. The van der Waals surface area contributed by atoms with Gasteiger partial charge in [-0.25, -0.2) is 5.43 Å². The first kappa shape index (κ1) is 20.7. The van der Waals surface area contributed by atoms with Crippen LogP contribution in [0, 0.1) is 0 Å². The highest BCUT2D eigenvalue weighted by molar-refractivity contribution is 5.95. The number of carbonyl (C=O) groups is 1. The van der Waals surface area contributed by atoms with Crippen LogP contribution in [-0.2, 0) is 5.41 Å². The van der Waals surface area contributed by atoms with Crippen molar-refractivity contribution in [3.8, 4) is 0 Å². The highest BCUT2D eigenvalue weighted by Gasteiger charge is 2.14. The monoisotopic (exact) mass is 356 g/mol. The average molecular weight is 357 g/mol. The van der Waals surface area contributed by atoms with Gasteiger partial charge >= 0.3 is 0 Å². The molecule has 1 amide bonds. The van der Waals surface area contributed by atoms with Crippen LogP contribution in [0.15, 0.2) is 29.4 Å².